The van der Waals surface area contributed by atoms with Gasteiger partial charge in [-0.15, -0.1) is 0 Å². The van der Waals surface area contributed by atoms with Crippen LogP contribution in [0.3, 0.4) is 0 Å². The highest BCUT2D eigenvalue weighted by atomic mass is 32.1. The van der Waals surface area contributed by atoms with Gasteiger partial charge in [-0.1, -0.05) is 17.4 Å². The van der Waals surface area contributed by atoms with Gasteiger partial charge in [0.1, 0.15) is 0 Å². The van der Waals surface area contributed by atoms with E-state index in [2.05, 4.69) is 4.99 Å². The highest BCUT2D eigenvalue weighted by Crippen LogP contribution is 2.36. The molecule has 8 heteroatoms. The van der Waals surface area contributed by atoms with Crippen LogP contribution >= 0.6 is 11.3 Å². The van der Waals surface area contributed by atoms with Gasteiger partial charge in [0.25, 0.3) is 5.91 Å². The number of carbonyl (C=O) groups excluding carboxylic acids is 1. The summed E-state index contributed by atoms with van der Waals surface area (Å²) < 4.78 is 24.3. The normalized spacial score (nSPS) is 15.2. The Bertz CT molecular complexity index is 1170. The first-order valence-electron chi connectivity index (χ1n) is 8.23. The molecule has 0 saturated heterocycles. The minimum atomic E-state index is -0.338. The summed E-state index contributed by atoms with van der Waals surface area (Å²) in [6, 6.07) is 9.32. The van der Waals surface area contributed by atoms with Crippen molar-refractivity contribution in [1.29, 1.82) is 0 Å². The first-order valence-corrected chi connectivity index (χ1v) is 9.05. The van der Waals surface area contributed by atoms with E-state index in [-0.39, 0.29) is 19.5 Å². The van der Waals surface area contributed by atoms with Crippen LogP contribution in [0, 0.1) is 0 Å². The van der Waals surface area contributed by atoms with Crippen molar-refractivity contribution in [2.45, 2.75) is 0 Å². The molecule has 1 amide bonds. The molecule has 0 saturated carbocycles. The van der Waals surface area contributed by atoms with Gasteiger partial charge in [0.05, 0.1) is 10.2 Å². The van der Waals surface area contributed by atoms with Gasteiger partial charge in [-0.2, -0.15) is 4.99 Å². The Morgan fingerprint density at radius 1 is 1.04 bits per heavy atom. The third kappa shape index (κ3) is 2.83. The fraction of sp³-hybridized carbons (Fsp3) is 0.158. The van der Waals surface area contributed by atoms with Crippen LogP contribution in [-0.2, 0) is 11.8 Å². The summed E-state index contributed by atoms with van der Waals surface area (Å²) in [7, 11) is 1.87. The van der Waals surface area contributed by atoms with E-state index in [9.17, 15) is 4.79 Å². The van der Waals surface area contributed by atoms with E-state index in [4.69, 9.17) is 18.9 Å². The van der Waals surface area contributed by atoms with Gasteiger partial charge < -0.3 is 23.5 Å². The molecule has 2 aliphatic heterocycles. The molecule has 0 fully saturated rings. The maximum absolute atomic E-state index is 12.3. The van der Waals surface area contributed by atoms with Crippen LogP contribution in [0.4, 0.5) is 0 Å². The molecule has 0 spiro atoms. The molecular formula is C19H14N2O5S. The molecular weight excluding hydrogens is 368 g/mol. The molecule has 5 rings (SSSR count). The second kappa shape index (κ2) is 6.17. The summed E-state index contributed by atoms with van der Waals surface area (Å²) in [4.78, 5) is 17.1. The lowest BCUT2D eigenvalue weighted by Gasteiger charge is -1.98. The smallest absolute Gasteiger partial charge is 0.272 e. The number of hydrogen-bond donors (Lipinski definition) is 0. The summed E-state index contributed by atoms with van der Waals surface area (Å²) >= 11 is 1.43. The van der Waals surface area contributed by atoms with Gasteiger partial charge in [0.2, 0.25) is 13.6 Å². The molecule has 0 bridgehead atoms. The molecule has 1 aromatic heterocycles. The van der Waals surface area contributed by atoms with Crippen LogP contribution in [-0.4, -0.2) is 24.1 Å². The molecule has 0 N–H and O–H groups in total. The van der Waals surface area contributed by atoms with E-state index in [1.54, 1.807) is 6.08 Å². The topological polar surface area (TPSA) is 71.3 Å². The molecule has 136 valence electrons. The predicted octanol–water partition coefficient (Wildman–Crippen LogP) is 2.84. The quantitative estimate of drug-likeness (QED) is 0.638. The lowest BCUT2D eigenvalue weighted by atomic mass is 10.2. The Labute approximate surface area is 157 Å². The van der Waals surface area contributed by atoms with E-state index in [1.165, 1.54) is 17.4 Å². The van der Waals surface area contributed by atoms with Crippen LogP contribution in [0.25, 0.3) is 16.3 Å². The summed E-state index contributed by atoms with van der Waals surface area (Å²) in [5.41, 5.74) is 1.78. The van der Waals surface area contributed by atoms with Crippen molar-refractivity contribution < 1.29 is 23.7 Å². The fourth-order valence-electron chi connectivity index (χ4n) is 2.94. The number of benzene rings is 2. The molecule has 0 atom stereocenters. The van der Waals surface area contributed by atoms with Crippen molar-refractivity contribution in [2.75, 3.05) is 13.6 Å². The number of aromatic nitrogens is 1. The predicted molar refractivity (Wildman–Crippen MR) is 99.1 cm³/mol. The number of thiazole rings is 1. The monoisotopic (exact) mass is 382 g/mol. The Kier molecular flexibility index (Phi) is 3.64. The summed E-state index contributed by atoms with van der Waals surface area (Å²) in [6.07, 6.45) is 3.14. The Balaban J connectivity index is 1.44. The van der Waals surface area contributed by atoms with E-state index in [0.29, 0.717) is 27.8 Å². The molecule has 2 aromatic carbocycles. The Morgan fingerprint density at radius 2 is 1.74 bits per heavy atom. The second-order valence-corrected chi connectivity index (χ2v) is 7.02. The molecule has 0 unspecified atom stereocenters. The average molecular weight is 382 g/mol. The lowest BCUT2D eigenvalue weighted by molar-refractivity contribution is -0.113. The van der Waals surface area contributed by atoms with Crippen molar-refractivity contribution in [3.63, 3.8) is 0 Å². The molecule has 27 heavy (non-hydrogen) atoms. The largest absolute Gasteiger partial charge is 0.454 e. The standard InChI is InChI=1S/C19H14N2O5S/c1-21-12-7-15-16(26-10-25-15)8-17(12)27-19(21)20-18(22)5-3-11-2-4-13-14(6-11)24-9-23-13/h2-8H,9-10H2,1H3/b5-3-,20-19?. The SMILES string of the molecule is Cn1c(=NC(=O)/C=C\c2ccc3c(c2)OCO3)sc2cc3c(cc21)OCO3. The zero-order valence-corrected chi connectivity index (χ0v) is 15.1. The first-order chi connectivity index (χ1) is 13.2. The van der Waals surface area contributed by atoms with Gasteiger partial charge in [-0.3, -0.25) is 4.79 Å². The van der Waals surface area contributed by atoms with E-state index in [0.717, 1.165) is 15.8 Å². The third-order valence-electron chi connectivity index (χ3n) is 4.32. The number of nitrogens with zero attached hydrogens (tertiary/aromatic N) is 2. The van der Waals surface area contributed by atoms with Gasteiger partial charge >= 0.3 is 0 Å². The zero-order valence-electron chi connectivity index (χ0n) is 14.3. The number of amides is 1. The minimum absolute atomic E-state index is 0.221. The summed E-state index contributed by atoms with van der Waals surface area (Å²) in [5, 5.41) is 0. The van der Waals surface area contributed by atoms with Crippen LogP contribution < -0.4 is 23.7 Å². The maximum Gasteiger partial charge on any atom is 0.272 e. The summed E-state index contributed by atoms with van der Waals surface area (Å²) in [6.45, 7) is 0.454. The second-order valence-electron chi connectivity index (χ2n) is 6.01. The number of ether oxygens (including phenoxy) is 4. The Morgan fingerprint density at radius 3 is 2.56 bits per heavy atom. The fourth-order valence-corrected chi connectivity index (χ4v) is 3.97. The van der Waals surface area contributed by atoms with Crippen molar-refractivity contribution in [2.24, 2.45) is 12.0 Å². The van der Waals surface area contributed by atoms with E-state index < -0.39 is 0 Å². The zero-order chi connectivity index (χ0) is 18.4. The van der Waals surface area contributed by atoms with Gasteiger partial charge in [-0.05, 0) is 23.8 Å². The van der Waals surface area contributed by atoms with Crippen molar-refractivity contribution in [3.05, 3.63) is 46.8 Å². The minimum Gasteiger partial charge on any atom is -0.454 e. The molecule has 7 nitrogen and oxygen atoms in total. The molecule has 0 aliphatic carbocycles. The molecule has 3 aromatic rings. The van der Waals surface area contributed by atoms with Gasteiger partial charge in [-0.25, -0.2) is 0 Å². The van der Waals surface area contributed by atoms with Crippen molar-refractivity contribution in [1.82, 2.24) is 4.57 Å². The number of rotatable bonds is 2. The van der Waals surface area contributed by atoms with Gasteiger partial charge in [0.15, 0.2) is 27.8 Å². The van der Waals surface area contributed by atoms with E-state index in [1.807, 2.05) is 41.9 Å². The first kappa shape index (κ1) is 16.0. The highest BCUT2D eigenvalue weighted by molar-refractivity contribution is 7.16. The van der Waals surface area contributed by atoms with E-state index >= 15 is 0 Å². The average Bonchev–Trinajstić information content (AvgIpc) is 3.38. The summed E-state index contributed by atoms with van der Waals surface area (Å²) in [5.74, 6) is 2.46. The van der Waals surface area contributed by atoms with Crippen molar-refractivity contribution in [3.8, 4) is 23.0 Å². The number of carbonyl (C=O) groups is 1. The number of aryl methyl sites for hydroxylation is 1. The molecule has 3 heterocycles. The van der Waals surface area contributed by atoms with Crippen LogP contribution in [0.1, 0.15) is 5.56 Å². The number of hydrogen-bond acceptors (Lipinski definition) is 6. The van der Waals surface area contributed by atoms with Crippen LogP contribution in [0.15, 0.2) is 41.4 Å². The molecule has 0 radical (unpaired) electrons. The van der Waals surface area contributed by atoms with Crippen LogP contribution in [0.5, 0.6) is 23.0 Å². The highest BCUT2D eigenvalue weighted by Gasteiger charge is 2.17. The number of fused-ring (bicyclic) bond motifs is 3. The molecule has 2 aliphatic rings. The lowest BCUT2D eigenvalue weighted by Crippen LogP contribution is -2.12. The third-order valence-corrected chi connectivity index (χ3v) is 5.42. The maximum atomic E-state index is 12.3. The van der Waals surface area contributed by atoms with Crippen LogP contribution in [0.2, 0.25) is 0 Å². The van der Waals surface area contributed by atoms with Crippen molar-refractivity contribution >= 4 is 33.5 Å². The van der Waals surface area contributed by atoms with Gasteiger partial charge in [0, 0.05) is 25.3 Å². The Hall–Kier alpha value is -3.26.